The lowest BCUT2D eigenvalue weighted by molar-refractivity contribution is 0.773. The van der Waals surface area contributed by atoms with Gasteiger partial charge in [-0.3, -0.25) is 0 Å². The first-order chi connectivity index (χ1) is 8.81. The molecule has 0 aliphatic heterocycles. The van der Waals surface area contributed by atoms with Crippen LogP contribution in [0.2, 0.25) is 0 Å². The van der Waals surface area contributed by atoms with Crippen LogP contribution in [-0.4, -0.2) is 16.8 Å². The Balaban J connectivity index is 2.09. The number of nitrogens with zero attached hydrogens (tertiary/aromatic N) is 2. The van der Waals surface area contributed by atoms with Crippen LogP contribution in [0.15, 0.2) is 34.9 Å². The molecule has 0 radical (unpaired) electrons. The Morgan fingerprint density at radius 1 is 1.39 bits per heavy atom. The SMILES string of the molecule is CNCc1cnn(-c2ccccc2Br)c1C1CC1. The van der Waals surface area contributed by atoms with E-state index in [4.69, 9.17) is 0 Å². The van der Waals surface area contributed by atoms with E-state index in [0.29, 0.717) is 5.92 Å². The average molecular weight is 306 g/mol. The number of hydrogen-bond donors (Lipinski definition) is 1. The highest BCUT2D eigenvalue weighted by molar-refractivity contribution is 9.10. The van der Waals surface area contributed by atoms with Gasteiger partial charge in [-0.2, -0.15) is 5.10 Å². The fourth-order valence-electron chi connectivity index (χ4n) is 2.33. The van der Waals surface area contributed by atoms with Gasteiger partial charge in [0.15, 0.2) is 0 Å². The monoisotopic (exact) mass is 305 g/mol. The molecule has 1 aromatic carbocycles. The molecule has 1 N–H and O–H groups in total. The third-order valence-corrected chi connectivity index (χ3v) is 3.97. The summed E-state index contributed by atoms with van der Waals surface area (Å²) in [7, 11) is 1.98. The van der Waals surface area contributed by atoms with Gasteiger partial charge in [-0.1, -0.05) is 12.1 Å². The molecular formula is C14H16BrN3. The number of halogens is 1. The van der Waals surface area contributed by atoms with Gasteiger partial charge in [0, 0.05) is 22.5 Å². The second kappa shape index (κ2) is 4.86. The Hall–Kier alpha value is -1.13. The van der Waals surface area contributed by atoms with Gasteiger partial charge >= 0.3 is 0 Å². The second-order valence-corrected chi connectivity index (χ2v) is 5.58. The molecule has 4 heteroatoms. The summed E-state index contributed by atoms with van der Waals surface area (Å²) in [5.41, 5.74) is 3.81. The summed E-state index contributed by atoms with van der Waals surface area (Å²) in [6.45, 7) is 0.885. The van der Waals surface area contributed by atoms with Crippen LogP contribution in [0.3, 0.4) is 0 Å². The Bertz CT molecular complexity index is 558. The van der Waals surface area contributed by atoms with Crippen molar-refractivity contribution in [1.29, 1.82) is 0 Å². The summed E-state index contributed by atoms with van der Waals surface area (Å²) in [5.74, 6) is 0.683. The predicted octanol–water partition coefficient (Wildman–Crippen LogP) is 3.23. The van der Waals surface area contributed by atoms with E-state index in [9.17, 15) is 0 Å². The molecule has 3 rings (SSSR count). The van der Waals surface area contributed by atoms with E-state index in [-0.39, 0.29) is 0 Å². The molecule has 18 heavy (non-hydrogen) atoms. The molecule has 1 fully saturated rings. The molecule has 2 aromatic rings. The lowest BCUT2D eigenvalue weighted by atomic mass is 10.1. The van der Waals surface area contributed by atoms with Crippen LogP contribution < -0.4 is 5.32 Å². The number of nitrogens with one attached hydrogen (secondary N) is 1. The van der Waals surface area contributed by atoms with Gasteiger partial charge in [-0.05, 0) is 48.0 Å². The first-order valence-electron chi connectivity index (χ1n) is 6.27. The Labute approximate surface area is 115 Å². The molecular weight excluding hydrogens is 290 g/mol. The molecule has 0 unspecified atom stereocenters. The smallest absolute Gasteiger partial charge is 0.0790 e. The number of hydrogen-bond acceptors (Lipinski definition) is 2. The molecule has 1 aliphatic carbocycles. The molecule has 1 heterocycles. The van der Waals surface area contributed by atoms with Gasteiger partial charge in [-0.25, -0.2) is 4.68 Å². The minimum Gasteiger partial charge on any atom is -0.316 e. The maximum Gasteiger partial charge on any atom is 0.0790 e. The number of aromatic nitrogens is 2. The van der Waals surface area contributed by atoms with Gasteiger partial charge in [0.25, 0.3) is 0 Å². The first kappa shape index (κ1) is 11.9. The Morgan fingerprint density at radius 2 is 2.17 bits per heavy atom. The van der Waals surface area contributed by atoms with Crippen molar-refractivity contribution in [3.05, 3.63) is 46.2 Å². The Morgan fingerprint density at radius 3 is 2.83 bits per heavy atom. The van der Waals surface area contributed by atoms with Crippen molar-refractivity contribution < 1.29 is 0 Å². The van der Waals surface area contributed by atoms with E-state index in [1.807, 2.05) is 19.3 Å². The first-order valence-corrected chi connectivity index (χ1v) is 7.07. The van der Waals surface area contributed by atoms with E-state index in [1.54, 1.807) is 0 Å². The van der Waals surface area contributed by atoms with Crippen molar-refractivity contribution in [1.82, 2.24) is 15.1 Å². The highest BCUT2D eigenvalue weighted by atomic mass is 79.9. The molecule has 1 aliphatic rings. The van der Waals surface area contributed by atoms with Crippen molar-refractivity contribution in [2.24, 2.45) is 0 Å². The fraction of sp³-hybridized carbons (Fsp3) is 0.357. The van der Waals surface area contributed by atoms with Crippen LogP contribution in [0.1, 0.15) is 30.0 Å². The van der Waals surface area contributed by atoms with E-state index in [0.717, 1.165) is 16.7 Å². The molecule has 0 spiro atoms. The molecule has 1 saturated carbocycles. The second-order valence-electron chi connectivity index (χ2n) is 4.72. The average Bonchev–Trinajstić information content (AvgIpc) is 3.13. The van der Waals surface area contributed by atoms with Crippen molar-refractivity contribution in [3.63, 3.8) is 0 Å². The van der Waals surface area contributed by atoms with Crippen LogP contribution in [0.25, 0.3) is 5.69 Å². The Kier molecular flexibility index (Phi) is 3.22. The summed E-state index contributed by atoms with van der Waals surface area (Å²) in [6.07, 6.45) is 4.56. The van der Waals surface area contributed by atoms with Crippen LogP contribution in [-0.2, 0) is 6.54 Å². The van der Waals surface area contributed by atoms with Crippen molar-refractivity contribution in [3.8, 4) is 5.69 Å². The number of benzene rings is 1. The molecule has 0 bridgehead atoms. The van der Waals surface area contributed by atoms with Crippen molar-refractivity contribution in [2.75, 3.05) is 7.05 Å². The van der Waals surface area contributed by atoms with Crippen LogP contribution >= 0.6 is 15.9 Å². The maximum atomic E-state index is 4.57. The predicted molar refractivity (Wildman–Crippen MR) is 76.0 cm³/mol. The van der Waals surface area contributed by atoms with E-state index in [2.05, 4.69) is 49.2 Å². The van der Waals surface area contributed by atoms with Gasteiger partial charge in [0.1, 0.15) is 0 Å². The summed E-state index contributed by atoms with van der Waals surface area (Å²) in [5, 5.41) is 7.80. The standard InChI is InChI=1S/C14H16BrN3/c1-16-8-11-9-17-18(14(11)10-6-7-10)13-5-3-2-4-12(13)15/h2-5,9-10,16H,6-8H2,1H3. The molecule has 0 atom stereocenters. The summed E-state index contributed by atoms with van der Waals surface area (Å²) >= 11 is 3.61. The number of para-hydroxylation sites is 1. The third-order valence-electron chi connectivity index (χ3n) is 3.30. The maximum absolute atomic E-state index is 4.57. The van der Waals surface area contributed by atoms with Crippen LogP contribution in [0, 0.1) is 0 Å². The zero-order chi connectivity index (χ0) is 12.5. The number of rotatable bonds is 4. The quantitative estimate of drug-likeness (QED) is 0.940. The molecule has 94 valence electrons. The van der Waals surface area contributed by atoms with Gasteiger partial charge in [-0.15, -0.1) is 0 Å². The zero-order valence-electron chi connectivity index (χ0n) is 10.4. The zero-order valence-corrected chi connectivity index (χ0v) is 11.9. The molecule has 1 aromatic heterocycles. The molecule has 0 saturated heterocycles. The van der Waals surface area contributed by atoms with Crippen LogP contribution in [0.5, 0.6) is 0 Å². The lowest BCUT2D eigenvalue weighted by Gasteiger charge is -2.10. The highest BCUT2D eigenvalue weighted by Gasteiger charge is 2.30. The molecule has 3 nitrogen and oxygen atoms in total. The van der Waals surface area contributed by atoms with Gasteiger partial charge in [0.05, 0.1) is 17.6 Å². The third kappa shape index (κ3) is 2.10. The summed E-state index contributed by atoms with van der Waals surface area (Å²) in [6, 6.07) is 8.25. The highest BCUT2D eigenvalue weighted by Crippen LogP contribution is 2.43. The van der Waals surface area contributed by atoms with E-state index >= 15 is 0 Å². The van der Waals surface area contributed by atoms with Crippen LogP contribution in [0.4, 0.5) is 0 Å². The summed E-state index contributed by atoms with van der Waals surface area (Å²) in [4.78, 5) is 0. The van der Waals surface area contributed by atoms with Crippen molar-refractivity contribution in [2.45, 2.75) is 25.3 Å². The van der Waals surface area contributed by atoms with Crippen molar-refractivity contribution >= 4 is 15.9 Å². The van der Waals surface area contributed by atoms with Gasteiger partial charge in [0.2, 0.25) is 0 Å². The minimum atomic E-state index is 0.683. The largest absolute Gasteiger partial charge is 0.316 e. The summed E-state index contributed by atoms with van der Waals surface area (Å²) < 4.78 is 3.18. The van der Waals surface area contributed by atoms with E-state index in [1.165, 1.54) is 24.1 Å². The lowest BCUT2D eigenvalue weighted by Crippen LogP contribution is -2.08. The minimum absolute atomic E-state index is 0.683. The van der Waals surface area contributed by atoms with E-state index < -0.39 is 0 Å². The topological polar surface area (TPSA) is 29.9 Å². The van der Waals surface area contributed by atoms with Gasteiger partial charge < -0.3 is 5.32 Å². The fourth-order valence-corrected chi connectivity index (χ4v) is 2.78. The molecule has 0 amide bonds. The normalized spacial score (nSPS) is 15.0.